The number of carbonyl (C=O) groups excluding carboxylic acids is 2. The lowest BCUT2D eigenvalue weighted by Crippen LogP contribution is -2.30. The molecule has 3 rings (SSSR count). The van der Waals surface area contributed by atoms with E-state index in [1.807, 2.05) is 54.6 Å². The van der Waals surface area contributed by atoms with E-state index in [1.165, 1.54) is 4.90 Å². The molecule has 0 saturated heterocycles. The number of carbonyl (C=O) groups is 2. The molecular formula is C22H24N4O3. The van der Waals surface area contributed by atoms with Crippen LogP contribution in [0.3, 0.4) is 0 Å². The molecule has 150 valence electrons. The van der Waals surface area contributed by atoms with Crippen LogP contribution in [0, 0.1) is 0 Å². The van der Waals surface area contributed by atoms with Crippen molar-refractivity contribution < 1.29 is 14.3 Å². The highest BCUT2D eigenvalue weighted by Gasteiger charge is 2.19. The molecule has 0 radical (unpaired) electrons. The van der Waals surface area contributed by atoms with Gasteiger partial charge < -0.3 is 15.0 Å². The summed E-state index contributed by atoms with van der Waals surface area (Å²) in [5, 5.41) is 7.46. The highest BCUT2D eigenvalue weighted by Crippen LogP contribution is 2.25. The fourth-order valence-corrected chi connectivity index (χ4v) is 2.82. The first-order valence-electron chi connectivity index (χ1n) is 9.27. The number of rotatable bonds is 7. The minimum atomic E-state index is -0.274. The molecule has 0 unspecified atom stereocenters. The van der Waals surface area contributed by atoms with Gasteiger partial charge in [0.15, 0.2) is 0 Å². The Morgan fingerprint density at radius 1 is 1.07 bits per heavy atom. The molecule has 3 aromatic rings. The molecule has 2 aromatic carbocycles. The van der Waals surface area contributed by atoms with Crippen molar-refractivity contribution in [2.45, 2.75) is 6.42 Å². The van der Waals surface area contributed by atoms with Crippen LogP contribution in [0.4, 0.5) is 0 Å². The van der Waals surface area contributed by atoms with E-state index in [2.05, 4.69) is 10.4 Å². The van der Waals surface area contributed by atoms with Crippen molar-refractivity contribution in [3.63, 3.8) is 0 Å². The van der Waals surface area contributed by atoms with E-state index < -0.39 is 0 Å². The largest absolute Gasteiger partial charge is 0.497 e. The molecule has 0 atom stereocenters. The second-order valence-corrected chi connectivity index (χ2v) is 6.69. The van der Waals surface area contributed by atoms with Crippen molar-refractivity contribution >= 4 is 11.8 Å². The summed E-state index contributed by atoms with van der Waals surface area (Å²) in [5.74, 6) is 0.412. The molecule has 1 heterocycles. The van der Waals surface area contributed by atoms with E-state index in [-0.39, 0.29) is 24.8 Å². The van der Waals surface area contributed by atoms with Crippen LogP contribution in [0.15, 0.2) is 60.8 Å². The predicted octanol–water partition coefficient (Wildman–Crippen LogP) is 2.76. The minimum absolute atomic E-state index is 0.0411. The van der Waals surface area contributed by atoms with E-state index in [9.17, 15) is 9.59 Å². The van der Waals surface area contributed by atoms with E-state index in [0.29, 0.717) is 11.3 Å². The van der Waals surface area contributed by atoms with Crippen molar-refractivity contribution in [2.75, 3.05) is 27.7 Å². The van der Waals surface area contributed by atoms with Crippen molar-refractivity contribution in [1.29, 1.82) is 0 Å². The number of benzene rings is 2. The Morgan fingerprint density at radius 3 is 2.38 bits per heavy atom. The maximum Gasteiger partial charge on any atom is 0.255 e. The highest BCUT2D eigenvalue weighted by molar-refractivity contribution is 6.00. The summed E-state index contributed by atoms with van der Waals surface area (Å²) in [5.41, 5.74) is 2.66. The number of aromatic nitrogens is 2. The number of nitrogens with zero attached hydrogens (tertiary/aromatic N) is 3. The zero-order valence-electron chi connectivity index (χ0n) is 16.8. The third-order valence-corrected chi connectivity index (χ3v) is 4.47. The zero-order valence-corrected chi connectivity index (χ0v) is 16.8. The molecule has 0 spiro atoms. The summed E-state index contributed by atoms with van der Waals surface area (Å²) >= 11 is 0. The Balaban J connectivity index is 1.90. The van der Waals surface area contributed by atoms with Gasteiger partial charge in [0.25, 0.3) is 5.91 Å². The smallest absolute Gasteiger partial charge is 0.255 e. The lowest BCUT2D eigenvalue weighted by atomic mass is 10.1. The zero-order chi connectivity index (χ0) is 20.8. The predicted molar refractivity (Wildman–Crippen MR) is 111 cm³/mol. The number of hydrogen-bond acceptors (Lipinski definition) is 4. The average molecular weight is 392 g/mol. The number of ether oxygens (including phenoxy) is 1. The van der Waals surface area contributed by atoms with Crippen LogP contribution in [-0.2, 0) is 4.79 Å². The Morgan fingerprint density at radius 2 is 1.76 bits per heavy atom. The highest BCUT2D eigenvalue weighted by atomic mass is 16.5. The molecule has 0 aliphatic heterocycles. The quantitative estimate of drug-likeness (QED) is 0.671. The minimum Gasteiger partial charge on any atom is -0.497 e. The van der Waals surface area contributed by atoms with Gasteiger partial charge in [-0.2, -0.15) is 5.10 Å². The van der Waals surface area contributed by atoms with Gasteiger partial charge in [0, 0.05) is 38.8 Å². The Hall–Kier alpha value is -3.61. The molecule has 7 nitrogen and oxygen atoms in total. The molecule has 1 aromatic heterocycles. The van der Waals surface area contributed by atoms with Gasteiger partial charge in [-0.15, -0.1) is 0 Å². The van der Waals surface area contributed by atoms with E-state index in [4.69, 9.17) is 4.74 Å². The van der Waals surface area contributed by atoms with E-state index >= 15 is 0 Å². The first-order valence-corrected chi connectivity index (χ1v) is 9.27. The summed E-state index contributed by atoms with van der Waals surface area (Å²) in [4.78, 5) is 26.1. The van der Waals surface area contributed by atoms with Crippen LogP contribution in [-0.4, -0.2) is 54.2 Å². The molecule has 0 bridgehead atoms. The fourth-order valence-electron chi connectivity index (χ4n) is 2.82. The summed E-state index contributed by atoms with van der Waals surface area (Å²) in [6.45, 7) is 0.258. The molecule has 0 saturated carbocycles. The maximum absolute atomic E-state index is 12.8. The van der Waals surface area contributed by atoms with Gasteiger partial charge in [-0.25, -0.2) is 4.68 Å². The first-order chi connectivity index (χ1) is 14.0. The molecular weight excluding hydrogens is 368 g/mol. The SMILES string of the molecule is COc1ccc(-c2nn(-c3ccccc3)cc2C(=O)NCCC(=O)N(C)C)cc1. The molecule has 2 amide bonds. The topological polar surface area (TPSA) is 76.5 Å². The summed E-state index contributed by atoms with van der Waals surface area (Å²) in [6, 6.07) is 17.0. The first kappa shape index (κ1) is 20.1. The lowest BCUT2D eigenvalue weighted by molar-refractivity contribution is -0.128. The Labute approximate surface area is 169 Å². The monoisotopic (exact) mass is 392 g/mol. The van der Waals surface area contributed by atoms with Crippen LogP contribution in [0.5, 0.6) is 5.75 Å². The lowest BCUT2D eigenvalue weighted by Gasteiger charge is -2.10. The number of nitrogens with one attached hydrogen (secondary N) is 1. The Bertz CT molecular complexity index is 979. The molecule has 0 aliphatic rings. The van der Waals surface area contributed by atoms with Crippen LogP contribution in [0.25, 0.3) is 16.9 Å². The van der Waals surface area contributed by atoms with E-state index in [0.717, 1.165) is 17.0 Å². The second kappa shape index (κ2) is 9.05. The van der Waals surface area contributed by atoms with Gasteiger partial charge in [-0.05, 0) is 36.4 Å². The van der Waals surface area contributed by atoms with E-state index in [1.54, 1.807) is 32.1 Å². The van der Waals surface area contributed by atoms with Crippen LogP contribution in [0.1, 0.15) is 16.8 Å². The summed E-state index contributed by atoms with van der Waals surface area (Å²) < 4.78 is 6.89. The maximum atomic E-state index is 12.8. The number of hydrogen-bond donors (Lipinski definition) is 1. The molecule has 7 heteroatoms. The third kappa shape index (κ3) is 4.82. The number of para-hydroxylation sites is 1. The average Bonchev–Trinajstić information content (AvgIpc) is 3.20. The van der Waals surface area contributed by atoms with Gasteiger partial charge in [-0.3, -0.25) is 9.59 Å². The van der Waals surface area contributed by atoms with Crippen molar-refractivity contribution in [3.8, 4) is 22.7 Å². The molecule has 29 heavy (non-hydrogen) atoms. The van der Waals surface area contributed by atoms with Crippen LogP contribution >= 0.6 is 0 Å². The summed E-state index contributed by atoms with van der Waals surface area (Å²) in [7, 11) is 4.98. The number of methoxy groups -OCH3 is 1. The number of amides is 2. The van der Waals surface area contributed by atoms with Gasteiger partial charge >= 0.3 is 0 Å². The molecule has 0 fully saturated rings. The van der Waals surface area contributed by atoms with Gasteiger partial charge in [0.05, 0.1) is 18.4 Å². The Kier molecular flexibility index (Phi) is 6.29. The van der Waals surface area contributed by atoms with Gasteiger partial charge in [-0.1, -0.05) is 18.2 Å². The van der Waals surface area contributed by atoms with Gasteiger partial charge in [0.2, 0.25) is 5.91 Å². The second-order valence-electron chi connectivity index (χ2n) is 6.69. The summed E-state index contributed by atoms with van der Waals surface area (Å²) in [6.07, 6.45) is 1.95. The van der Waals surface area contributed by atoms with Crippen molar-refractivity contribution in [2.24, 2.45) is 0 Å². The van der Waals surface area contributed by atoms with Gasteiger partial charge in [0.1, 0.15) is 11.4 Å². The van der Waals surface area contributed by atoms with Crippen LogP contribution in [0.2, 0.25) is 0 Å². The van der Waals surface area contributed by atoms with Crippen molar-refractivity contribution in [1.82, 2.24) is 20.0 Å². The molecule has 1 N–H and O–H groups in total. The molecule has 0 aliphatic carbocycles. The standard InChI is InChI=1S/C22H24N4O3/c1-25(2)20(27)13-14-23-22(28)19-15-26(17-7-5-4-6-8-17)24-21(19)16-9-11-18(29-3)12-10-16/h4-12,15H,13-14H2,1-3H3,(H,23,28). The van der Waals surface area contributed by atoms with Crippen LogP contribution < -0.4 is 10.1 Å². The fraction of sp³-hybridized carbons (Fsp3) is 0.227. The van der Waals surface area contributed by atoms with Crippen molar-refractivity contribution in [3.05, 3.63) is 66.4 Å². The normalized spacial score (nSPS) is 10.4. The third-order valence-electron chi connectivity index (χ3n) is 4.47.